The van der Waals surface area contributed by atoms with E-state index in [1.165, 1.54) is 0 Å². The lowest BCUT2D eigenvalue weighted by atomic mass is 10.0. The molecule has 0 saturated carbocycles. The summed E-state index contributed by atoms with van der Waals surface area (Å²) in [5.41, 5.74) is 4.28. The minimum atomic E-state index is 0.0611. The molecule has 0 aliphatic heterocycles. The largest absolute Gasteiger partial charge is 0.295 e. The SMILES string of the molecule is CC(=O)c1ccc(C#Cc2nc(CC(C)C)cnc2CC(C)C)cc1. The molecule has 0 saturated heterocycles. The Morgan fingerprint density at radius 2 is 1.64 bits per heavy atom. The van der Waals surface area contributed by atoms with Crippen LogP contribution in [0.4, 0.5) is 0 Å². The van der Waals surface area contributed by atoms with Crippen molar-refractivity contribution in [2.75, 3.05) is 0 Å². The second-order valence-electron chi connectivity index (χ2n) is 7.24. The summed E-state index contributed by atoms with van der Waals surface area (Å²) in [7, 11) is 0. The second kappa shape index (κ2) is 8.58. The first-order valence-electron chi connectivity index (χ1n) is 8.83. The molecule has 2 rings (SSSR count). The van der Waals surface area contributed by atoms with Gasteiger partial charge in [0.2, 0.25) is 0 Å². The van der Waals surface area contributed by atoms with Crippen LogP contribution in [-0.2, 0) is 12.8 Å². The van der Waals surface area contributed by atoms with Gasteiger partial charge in [0.05, 0.1) is 11.4 Å². The molecule has 3 nitrogen and oxygen atoms in total. The van der Waals surface area contributed by atoms with E-state index in [1.807, 2.05) is 30.5 Å². The number of rotatable bonds is 5. The lowest BCUT2D eigenvalue weighted by Crippen LogP contribution is -2.07. The molecule has 0 N–H and O–H groups in total. The number of benzene rings is 1. The Balaban J connectivity index is 2.33. The fraction of sp³-hybridized carbons (Fsp3) is 0.409. The molecule has 0 atom stereocenters. The van der Waals surface area contributed by atoms with Crippen LogP contribution in [0.1, 0.15) is 67.6 Å². The molecule has 1 aromatic heterocycles. The van der Waals surface area contributed by atoms with Gasteiger partial charge in [-0.25, -0.2) is 4.98 Å². The first-order chi connectivity index (χ1) is 11.8. The van der Waals surface area contributed by atoms with Gasteiger partial charge in [-0.3, -0.25) is 9.78 Å². The zero-order valence-electron chi connectivity index (χ0n) is 15.8. The van der Waals surface area contributed by atoms with Crippen molar-refractivity contribution in [3.8, 4) is 11.8 Å². The van der Waals surface area contributed by atoms with Crippen LogP contribution in [0.25, 0.3) is 0 Å². The Hall–Kier alpha value is -2.47. The number of nitrogens with zero attached hydrogens (tertiary/aromatic N) is 2. The predicted molar refractivity (Wildman–Crippen MR) is 102 cm³/mol. The third kappa shape index (κ3) is 5.83. The molecule has 0 fully saturated rings. The molecule has 2 aromatic rings. The average Bonchev–Trinajstić information content (AvgIpc) is 2.54. The summed E-state index contributed by atoms with van der Waals surface area (Å²) in [5, 5.41) is 0. The van der Waals surface area contributed by atoms with Crippen LogP contribution in [0.2, 0.25) is 0 Å². The Kier molecular flexibility index (Phi) is 6.47. The standard InChI is InChI=1S/C22H26N2O/c1-15(2)12-20-14-23-22(13-16(3)4)21(24-20)11-8-18-6-9-19(10-7-18)17(5)25/h6-7,9-10,14-16H,12-13H2,1-5H3. The summed E-state index contributed by atoms with van der Waals surface area (Å²) in [6, 6.07) is 7.36. The van der Waals surface area contributed by atoms with Crippen molar-refractivity contribution in [3.05, 3.63) is 58.7 Å². The first-order valence-corrected chi connectivity index (χ1v) is 8.83. The Morgan fingerprint density at radius 1 is 1.00 bits per heavy atom. The lowest BCUT2D eigenvalue weighted by molar-refractivity contribution is 0.101. The third-order valence-electron chi connectivity index (χ3n) is 3.73. The summed E-state index contributed by atoms with van der Waals surface area (Å²) in [6.45, 7) is 10.2. The van der Waals surface area contributed by atoms with Gasteiger partial charge in [0.15, 0.2) is 5.78 Å². The minimum absolute atomic E-state index is 0.0611. The van der Waals surface area contributed by atoms with Crippen LogP contribution in [0.5, 0.6) is 0 Å². The highest BCUT2D eigenvalue weighted by atomic mass is 16.1. The molecule has 1 aromatic carbocycles. The fourth-order valence-corrected chi connectivity index (χ4v) is 2.52. The van der Waals surface area contributed by atoms with Crippen LogP contribution in [0, 0.1) is 23.7 Å². The zero-order valence-corrected chi connectivity index (χ0v) is 15.8. The summed E-state index contributed by atoms with van der Waals surface area (Å²) in [6.07, 6.45) is 3.64. The normalized spacial score (nSPS) is 10.7. The maximum atomic E-state index is 11.4. The van der Waals surface area contributed by atoms with Crippen LogP contribution < -0.4 is 0 Å². The molecule has 0 amide bonds. The quantitative estimate of drug-likeness (QED) is 0.598. The Morgan fingerprint density at radius 3 is 2.20 bits per heavy atom. The molecule has 0 aliphatic rings. The van der Waals surface area contributed by atoms with Crippen LogP contribution in [0.3, 0.4) is 0 Å². The van der Waals surface area contributed by atoms with E-state index in [0.29, 0.717) is 17.4 Å². The van der Waals surface area contributed by atoms with Crippen molar-refractivity contribution >= 4 is 5.78 Å². The van der Waals surface area contributed by atoms with Crippen molar-refractivity contribution in [2.24, 2.45) is 11.8 Å². The van der Waals surface area contributed by atoms with E-state index >= 15 is 0 Å². The highest BCUT2D eigenvalue weighted by molar-refractivity contribution is 5.94. The van der Waals surface area contributed by atoms with Gasteiger partial charge in [0, 0.05) is 17.3 Å². The smallest absolute Gasteiger partial charge is 0.159 e. The van der Waals surface area contributed by atoms with Gasteiger partial charge in [-0.1, -0.05) is 45.7 Å². The molecule has 0 unspecified atom stereocenters. The molecular weight excluding hydrogens is 308 g/mol. The maximum Gasteiger partial charge on any atom is 0.159 e. The molecule has 0 radical (unpaired) electrons. The number of carbonyl (C=O) groups is 1. The van der Waals surface area contributed by atoms with E-state index in [4.69, 9.17) is 4.98 Å². The maximum absolute atomic E-state index is 11.4. The average molecular weight is 334 g/mol. The molecule has 0 aliphatic carbocycles. The number of aromatic nitrogens is 2. The molecule has 130 valence electrons. The number of ketones is 1. The number of carbonyl (C=O) groups excluding carboxylic acids is 1. The van der Waals surface area contributed by atoms with Crippen LogP contribution >= 0.6 is 0 Å². The van der Waals surface area contributed by atoms with Gasteiger partial charge in [-0.2, -0.15) is 0 Å². The lowest BCUT2D eigenvalue weighted by Gasteiger charge is -2.09. The van der Waals surface area contributed by atoms with E-state index in [0.717, 1.165) is 35.5 Å². The first kappa shape index (κ1) is 18.9. The number of hydrogen-bond acceptors (Lipinski definition) is 3. The molecule has 1 heterocycles. The fourth-order valence-electron chi connectivity index (χ4n) is 2.52. The van der Waals surface area contributed by atoms with Gasteiger partial charge in [-0.15, -0.1) is 0 Å². The van der Waals surface area contributed by atoms with E-state index in [9.17, 15) is 4.79 Å². The molecule has 0 bridgehead atoms. The molecule has 3 heteroatoms. The highest BCUT2D eigenvalue weighted by Gasteiger charge is 2.09. The second-order valence-corrected chi connectivity index (χ2v) is 7.24. The van der Waals surface area contributed by atoms with E-state index in [-0.39, 0.29) is 5.78 Å². The Labute approximate surface area is 150 Å². The van der Waals surface area contributed by atoms with Gasteiger partial charge >= 0.3 is 0 Å². The molecule has 25 heavy (non-hydrogen) atoms. The molecular formula is C22H26N2O. The summed E-state index contributed by atoms with van der Waals surface area (Å²) < 4.78 is 0. The van der Waals surface area contributed by atoms with Crippen molar-refractivity contribution in [1.82, 2.24) is 9.97 Å². The summed E-state index contributed by atoms with van der Waals surface area (Å²) in [5.74, 6) is 7.44. The predicted octanol–water partition coefficient (Wildman–Crippen LogP) is 4.48. The van der Waals surface area contributed by atoms with Crippen LogP contribution in [0.15, 0.2) is 30.5 Å². The van der Waals surface area contributed by atoms with Gasteiger partial charge < -0.3 is 0 Å². The zero-order chi connectivity index (χ0) is 18.4. The van der Waals surface area contributed by atoms with Gasteiger partial charge in [0.1, 0.15) is 5.69 Å². The van der Waals surface area contributed by atoms with Crippen molar-refractivity contribution < 1.29 is 4.79 Å². The van der Waals surface area contributed by atoms with Gasteiger partial charge in [0.25, 0.3) is 0 Å². The third-order valence-corrected chi connectivity index (χ3v) is 3.73. The van der Waals surface area contributed by atoms with Crippen molar-refractivity contribution in [2.45, 2.75) is 47.5 Å². The van der Waals surface area contributed by atoms with Gasteiger partial charge in [-0.05, 0) is 49.7 Å². The van der Waals surface area contributed by atoms with Crippen molar-refractivity contribution in [3.63, 3.8) is 0 Å². The molecule has 0 spiro atoms. The topological polar surface area (TPSA) is 42.9 Å². The number of Topliss-reactive ketones (excluding diaryl/α,β-unsaturated/α-hetero) is 1. The summed E-state index contributed by atoms with van der Waals surface area (Å²) >= 11 is 0. The van der Waals surface area contributed by atoms with E-state index < -0.39 is 0 Å². The highest BCUT2D eigenvalue weighted by Crippen LogP contribution is 2.12. The summed E-state index contributed by atoms with van der Waals surface area (Å²) in [4.78, 5) is 20.7. The monoisotopic (exact) mass is 334 g/mol. The van der Waals surface area contributed by atoms with Crippen LogP contribution in [-0.4, -0.2) is 15.8 Å². The number of hydrogen-bond donors (Lipinski definition) is 0. The minimum Gasteiger partial charge on any atom is -0.295 e. The van der Waals surface area contributed by atoms with Crippen molar-refractivity contribution in [1.29, 1.82) is 0 Å². The Bertz CT molecular complexity index is 793. The van der Waals surface area contributed by atoms with E-state index in [2.05, 4.69) is 44.5 Å². The van der Waals surface area contributed by atoms with E-state index in [1.54, 1.807) is 6.92 Å².